The number of phenolic OH excluding ortho intramolecular Hbond substituents is 1. The first-order chi connectivity index (χ1) is 8.66. The quantitative estimate of drug-likeness (QED) is 0.893. The molecule has 4 nitrogen and oxygen atoms in total. The number of rotatable bonds is 3. The minimum atomic E-state index is -0.333. The van der Waals surface area contributed by atoms with Crippen molar-refractivity contribution in [3.05, 3.63) is 58.9 Å². The van der Waals surface area contributed by atoms with Crippen LogP contribution < -0.4 is 5.32 Å². The fourth-order valence-corrected chi connectivity index (χ4v) is 1.62. The monoisotopic (exact) mass is 262 g/mol. The van der Waals surface area contributed by atoms with E-state index in [1.165, 1.54) is 12.3 Å². The van der Waals surface area contributed by atoms with Crippen molar-refractivity contribution in [3.63, 3.8) is 0 Å². The summed E-state index contributed by atoms with van der Waals surface area (Å²) < 4.78 is 0. The molecule has 5 heteroatoms. The molecule has 0 saturated carbocycles. The lowest BCUT2D eigenvalue weighted by atomic mass is 10.2. The normalized spacial score (nSPS) is 10.1. The zero-order valence-electron chi connectivity index (χ0n) is 9.43. The number of carbonyl (C=O) groups excluding carboxylic acids is 1. The van der Waals surface area contributed by atoms with Crippen molar-refractivity contribution >= 4 is 17.5 Å². The van der Waals surface area contributed by atoms with Gasteiger partial charge in [-0.1, -0.05) is 29.8 Å². The molecule has 0 aliphatic heterocycles. The Bertz CT molecular complexity index is 572. The number of pyridine rings is 1. The van der Waals surface area contributed by atoms with Crippen LogP contribution in [0.1, 0.15) is 16.1 Å². The van der Waals surface area contributed by atoms with Crippen molar-refractivity contribution in [2.24, 2.45) is 0 Å². The fourth-order valence-electron chi connectivity index (χ4n) is 1.46. The first-order valence-electron chi connectivity index (χ1n) is 5.33. The van der Waals surface area contributed by atoms with Crippen molar-refractivity contribution in [2.45, 2.75) is 6.54 Å². The Kier molecular flexibility index (Phi) is 3.79. The van der Waals surface area contributed by atoms with Crippen LogP contribution in [0.3, 0.4) is 0 Å². The molecule has 0 unspecified atom stereocenters. The van der Waals surface area contributed by atoms with Crippen molar-refractivity contribution in [1.82, 2.24) is 10.3 Å². The van der Waals surface area contributed by atoms with Crippen LogP contribution in [0.25, 0.3) is 0 Å². The lowest BCUT2D eigenvalue weighted by molar-refractivity contribution is 0.0946. The van der Waals surface area contributed by atoms with E-state index in [2.05, 4.69) is 10.3 Å². The standard InChI is InChI=1S/C13H11ClN2O2/c14-10-5-6-15-11(7-10)13(18)16-8-9-3-1-2-4-12(9)17/h1-7,17H,8H2,(H,16,18). The molecule has 0 aliphatic rings. The Morgan fingerprint density at radius 1 is 1.33 bits per heavy atom. The second kappa shape index (κ2) is 5.51. The van der Waals surface area contributed by atoms with Crippen molar-refractivity contribution in [2.75, 3.05) is 0 Å². The van der Waals surface area contributed by atoms with Crippen LogP contribution in [-0.4, -0.2) is 16.0 Å². The van der Waals surface area contributed by atoms with E-state index in [1.807, 2.05) is 0 Å². The van der Waals surface area contributed by atoms with Gasteiger partial charge in [0.1, 0.15) is 11.4 Å². The van der Waals surface area contributed by atoms with Crippen LogP contribution in [0.2, 0.25) is 5.02 Å². The highest BCUT2D eigenvalue weighted by Crippen LogP contribution is 2.15. The summed E-state index contributed by atoms with van der Waals surface area (Å²) in [6.07, 6.45) is 1.47. The number of carbonyl (C=O) groups is 1. The van der Waals surface area contributed by atoms with Crippen LogP contribution >= 0.6 is 11.6 Å². The third kappa shape index (κ3) is 2.99. The SMILES string of the molecule is O=C(NCc1ccccc1O)c1cc(Cl)ccn1. The molecule has 0 atom stereocenters. The molecule has 1 amide bonds. The number of phenols is 1. The Morgan fingerprint density at radius 3 is 2.83 bits per heavy atom. The number of benzene rings is 1. The van der Waals surface area contributed by atoms with E-state index in [9.17, 15) is 9.90 Å². The van der Waals surface area contributed by atoms with Gasteiger partial charge in [0.15, 0.2) is 0 Å². The molecular formula is C13H11ClN2O2. The molecule has 18 heavy (non-hydrogen) atoms. The Hall–Kier alpha value is -2.07. The van der Waals surface area contributed by atoms with Gasteiger partial charge < -0.3 is 10.4 Å². The van der Waals surface area contributed by atoms with Gasteiger partial charge in [-0.15, -0.1) is 0 Å². The van der Waals surface area contributed by atoms with E-state index in [1.54, 1.807) is 30.3 Å². The highest BCUT2D eigenvalue weighted by Gasteiger charge is 2.08. The molecule has 0 aliphatic carbocycles. The van der Waals surface area contributed by atoms with Crippen molar-refractivity contribution in [3.8, 4) is 5.75 Å². The molecule has 92 valence electrons. The molecular weight excluding hydrogens is 252 g/mol. The van der Waals surface area contributed by atoms with Crippen LogP contribution in [0.5, 0.6) is 5.75 Å². The number of halogens is 1. The number of aromatic nitrogens is 1. The second-order valence-corrected chi connectivity index (χ2v) is 4.11. The minimum absolute atomic E-state index is 0.150. The summed E-state index contributed by atoms with van der Waals surface area (Å²) >= 11 is 5.77. The summed E-state index contributed by atoms with van der Waals surface area (Å²) in [5.41, 5.74) is 0.894. The maximum absolute atomic E-state index is 11.8. The summed E-state index contributed by atoms with van der Waals surface area (Å²) in [4.78, 5) is 15.7. The molecule has 1 aromatic heterocycles. The average Bonchev–Trinajstić information content (AvgIpc) is 2.37. The number of amides is 1. The summed E-state index contributed by atoms with van der Waals surface area (Å²) in [5, 5.41) is 12.7. The van der Waals surface area contributed by atoms with Gasteiger partial charge in [-0.2, -0.15) is 0 Å². The van der Waals surface area contributed by atoms with Gasteiger partial charge in [-0.3, -0.25) is 9.78 Å². The molecule has 2 rings (SSSR count). The molecule has 0 radical (unpaired) electrons. The van der Waals surface area contributed by atoms with E-state index in [-0.39, 0.29) is 23.9 Å². The zero-order chi connectivity index (χ0) is 13.0. The average molecular weight is 263 g/mol. The second-order valence-electron chi connectivity index (χ2n) is 3.67. The summed E-state index contributed by atoms with van der Waals surface area (Å²) in [6, 6.07) is 9.90. The van der Waals surface area contributed by atoms with Crippen LogP contribution in [0.4, 0.5) is 0 Å². The van der Waals surface area contributed by atoms with Gasteiger partial charge in [0.2, 0.25) is 0 Å². The van der Waals surface area contributed by atoms with E-state index >= 15 is 0 Å². The predicted molar refractivity (Wildman–Crippen MR) is 68.5 cm³/mol. The number of para-hydroxylation sites is 1. The predicted octanol–water partition coefficient (Wildman–Crippen LogP) is 2.37. The van der Waals surface area contributed by atoms with E-state index in [4.69, 9.17) is 11.6 Å². The first-order valence-corrected chi connectivity index (χ1v) is 5.71. The molecule has 1 heterocycles. The fraction of sp³-hybridized carbons (Fsp3) is 0.0769. The largest absolute Gasteiger partial charge is 0.508 e. The van der Waals surface area contributed by atoms with Gasteiger partial charge >= 0.3 is 0 Å². The zero-order valence-corrected chi connectivity index (χ0v) is 10.2. The molecule has 0 spiro atoms. The van der Waals surface area contributed by atoms with Gasteiger partial charge in [-0.25, -0.2) is 0 Å². The maximum Gasteiger partial charge on any atom is 0.270 e. The molecule has 2 N–H and O–H groups in total. The van der Waals surface area contributed by atoms with Gasteiger partial charge in [0.05, 0.1) is 0 Å². The first kappa shape index (κ1) is 12.4. The topological polar surface area (TPSA) is 62.2 Å². The third-order valence-electron chi connectivity index (χ3n) is 2.39. The van der Waals surface area contributed by atoms with E-state index < -0.39 is 0 Å². The van der Waals surface area contributed by atoms with Crippen molar-refractivity contribution < 1.29 is 9.90 Å². The lowest BCUT2D eigenvalue weighted by Crippen LogP contribution is -2.23. The smallest absolute Gasteiger partial charge is 0.270 e. The third-order valence-corrected chi connectivity index (χ3v) is 2.62. The van der Waals surface area contributed by atoms with Crippen LogP contribution in [0, 0.1) is 0 Å². The number of aromatic hydroxyl groups is 1. The molecule has 2 aromatic rings. The lowest BCUT2D eigenvalue weighted by Gasteiger charge is -2.06. The highest BCUT2D eigenvalue weighted by molar-refractivity contribution is 6.30. The molecule has 1 aromatic carbocycles. The number of hydrogen-bond donors (Lipinski definition) is 2. The Balaban J connectivity index is 2.03. The van der Waals surface area contributed by atoms with Gasteiger partial charge in [0.25, 0.3) is 5.91 Å². The van der Waals surface area contributed by atoms with E-state index in [0.717, 1.165) is 0 Å². The summed E-state index contributed by atoms with van der Waals surface area (Å²) in [5.74, 6) is -0.183. The van der Waals surface area contributed by atoms with Crippen molar-refractivity contribution in [1.29, 1.82) is 0 Å². The summed E-state index contributed by atoms with van der Waals surface area (Å²) in [6.45, 7) is 0.236. The minimum Gasteiger partial charge on any atom is -0.508 e. The van der Waals surface area contributed by atoms with E-state index in [0.29, 0.717) is 10.6 Å². The maximum atomic E-state index is 11.8. The molecule has 0 saturated heterocycles. The van der Waals surface area contributed by atoms with Gasteiger partial charge in [0, 0.05) is 23.3 Å². The number of hydrogen-bond acceptors (Lipinski definition) is 3. The molecule has 0 fully saturated rings. The Labute approximate surface area is 109 Å². The molecule has 0 bridgehead atoms. The van der Waals surface area contributed by atoms with Gasteiger partial charge in [-0.05, 0) is 18.2 Å². The Morgan fingerprint density at radius 2 is 2.11 bits per heavy atom. The summed E-state index contributed by atoms with van der Waals surface area (Å²) in [7, 11) is 0. The number of nitrogens with one attached hydrogen (secondary N) is 1. The van der Waals surface area contributed by atoms with Crippen LogP contribution in [-0.2, 0) is 6.54 Å². The number of nitrogens with zero attached hydrogens (tertiary/aromatic N) is 1. The highest BCUT2D eigenvalue weighted by atomic mass is 35.5. The van der Waals surface area contributed by atoms with Crippen LogP contribution in [0.15, 0.2) is 42.6 Å².